The van der Waals surface area contributed by atoms with E-state index in [1.165, 1.54) is 0 Å². The summed E-state index contributed by atoms with van der Waals surface area (Å²) < 4.78 is 5.12. The zero-order valence-corrected chi connectivity index (χ0v) is 11.7. The molecule has 0 saturated carbocycles. The van der Waals surface area contributed by atoms with Crippen molar-refractivity contribution in [1.82, 2.24) is 15.4 Å². The average molecular weight is 282 g/mol. The van der Waals surface area contributed by atoms with Gasteiger partial charge in [-0.15, -0.1) is 0 Å². The Kier molecular flexibility index (Phi) is 3.27. The minimum absolute atomic E-state index is 0.161. The molecule has 6 heteroatoms. The van der Waals surface area contributed by atoms with Gasteiger partial charge in [0.05, 0.1) is 17.1 Å². The second-order valence-electron chi connectivity index (χ2n) is 4.71. The van der Waals surface area contributed by atoms with Crippen LogP contribution >= 0.6 is 0 Å². The van der Waals surface area contributed by atoms with E-state index in [0.717, 1.165) is 17.0 Å². The fourth-order valence-corrected chi connectivity index (χ4v) is 2.04. The van der Waals surface area contributed by atoms with E-state index in [2.05, 4.69) is 20.7 Å². The summed E-state index contributed by atoms with van der Waals surface area (Å²) in [7, 11) is 0. The summed E-state index contributed by atoms with van der Waals surface area (Å²) in [6, 6.07) is 11.2. The Morgan fingerprint density at radius 2 is 2.00 bits per heavy atom. The predicted octanol–water partition coefficient (Wildman–Crippen LogP) is 2.93. The maximum Gasteiger partial charge on any atom is 0.294 e. The Labute approximate surface area is 121 Å². The molecular weight excluding hydrogens is 268 g/mol. The van der Waals surface area contributed by atoms with Crippen LogP contribution in [-0.4, -0.2) is 21.3 Å². The molecule has 1 aromatic carbocycles. The van der Waals surface area contributed by atoms with Gasteiger partial charge in [0.25, 0.3) is 5.91 Å². The zero-order chi connectivity index (χ0) is 14.8. The highest BCUT2D eigenvalue weighted by molar-refractivity contribution is 6.03. The molecular formula is C15H14N4O2. The molecule has 0 spiro atoms. The number of nitrogens with zero attached hydrogens (tertiary/aromatic N) is 2. The van der Waals surface area contributed by atoms with Gasteiger partial charge in [-0.25, -0.2) is 0 Å². The van der Waals surface area contributed by atoms with Crippen molar-refractivity contribution in [2.75, 3.05) is 5.32 Å². The number of carbonyl (C=O) groups is 1. The second-order valence-corrected chi connectivity index (χ2v) is 4.71. The lowest BCUT2D eigenvalue weighted by Gasteiger charge is -2.01. The summed E-state index contributed by atoms with van der Waals surface area (Å²) in [4.78, 5) is 12.2. The second kappa shape index (κ2) is 5.24. The molecule has 3 aromatic rings. The maximum absolute atomic E-state index is 12.2. The van der Waals surface area contributed by atoms with E-state index < -0.39 is 0 Å². The highest BCUT2D eigenvalue weighted by Crippen LogP contribution is 2.21. The number of hydrogen-bond acceptors (Lipinski definition) is 4. The lowest BCUT2D eigenvalue weighted by molar-refractivity contribution is 0.0988. The smallest absolute Gasteiger partial charge is 0.294 e. The van der Waals surface area contributed by atoms with Gasteiger partial charge in [-0.05, 0) is 13.8 Å². The Hall–Kier alpha value is -2.89. The molecule has 0 aliphatic rings. The number of aryl methyl sites for hydroxylation is 2. The number of aromatic nitrogens is 3. The summed E-state index contributed by atoms with van der Waals surface area (Å²) in [5.41, 5.74) is 3.71. The topological polar surface area (TPSA) is 83.8 Å². The highest BCUT2D eigenvalue weighted by atomic mass is 16.5. The van der Waals surface area contributed by atoms with Gasteiger partial charge in [0.1, 0.15) is 5.69 Å². The first-order valence-electron chi connectivity index (χ1n) is 6.50. The SMILES string of the molecule is Cc1n[nH]c(C)c1NC(=O)c1cc(-c2ccccc2)no1. The van der Waals surface area contributed by atoms with E-state index in [4.69, 9.17) is 4.52 Å². The molecule has 106 valence electrons. The molecule has 0 atom stereocenters. The average Bonchev–Trinajstić information content (AvgIpc) is 3.11. The van der Waals surface area contributed by atoms with Crippen LogP contribution < -0.4 is 5.32 Å². The van der Waals surface area contributed by atoms with E-state index in [9.17, 15) is 4.79 Å². The fraction of sp³-hybridized carbons (Fsp3) is 0.133. The van der Waals surface area contributed by atoms with E-state index in [1.54, 1.807) is 6.07 Å². The van der Waals surface area contributed by atoms with Crippen LogP contribution in [0.3, 0.4) is 0 Å². The molecule has 3 rings (SSSR count). The van der Waals surface area contributed by atoms with Crippen molar-refractivity contribution in [3.63, 3.8) is 0 Å². The molecule has 6 nitrogen and oxygen atoms in total. The van der Waals surface area contributed by atoms with Crippen LogP contribution in [0.25, 0.3) is 11.3 Å². The van der Waals surface area contributed by atoms with Gasteiger partial charge in [0, 0.05) is 11.6 Å². The number of hydrogen-bond donors (Lipinski definition) is 2. The van der Waals surface area contributed by atoms with Crippen molar-refractivity contribution in [3.05, 3.63) is 53.5 Å². The fourth-order valence-electron chi connectivity index (χ4n) is 2.04. The number of anilines is 1. The van der Waals surface area contributed by atoms with Crippen LogP contribution in [0.2, 0.25) is 0 Å². The van der Waals surface area contributed by atoms with Crippen molar-refractivity contribution in [1.29, 1.82) is 0 Å². The largest absolute Gasteiger partial charge is 0.350 e. The van der Waals surface area contributed by atoms with Crippen LogP contribution in [0, 0.1) is 13.8 Å². The molecule has 0 radical (unpaired) electrons. The third kappa shape index (κ3) is 2.55. The van der Waals surface area contributed by atoms with E-state index in [1.807, 2.05) is 44.2 Å². The number of amides is 1. The van der Waals surface area contributed by atoms with Gasteiger partial charge >= 0.3 is 0 Å². The van der Waals surface area contributed by atoms with Crippen molar-refractivity contribution >= 4 is 11.6 Å². The molecule has 21 heavy (non-hydrogen) atoms. The van der Waals surface area contributed by atoms with Crippen molar-refractivity contribution in [2.24, 2.45) is 0 Å². The highest BCUT2D eigenvalue weighted by Gasteiger charge is 2.17. The molecule has 1 amide bonds. The number of nitrogens with one attached hydrogen (secondary N) is 2. The van der Waals surface area contributed by atoms with Crippen molar-refractivity contribution in [2.45, 2.75) is 13.8 Å². The summed E-state index contributed by atoms with van der Waals surface area (Å²) in [5, 5.41) is 13.5. The third-order valence-electron chi connectivity index (χ3n) is 3.17. The minimum atomic E-state index is -0.350. The van der Waals surface area contributed by atoms with Crippen LogP contribution in [-0.2, 0) is 0 Å². The van der Waals surface area contributed by atoms with Gasteiger partial charge in [-0.2, -0.15) is 5.10 Å². The molecule has 2 heterocycles. The lowest BCUT2D eigenvalue weighted by atomic mass is 10.1. The third-order valence-corrected chi connectivity index (χ3v) is 3.17. The summed E-state index contributed by atoms with van der Waals surface area (Å²) in [6.07, 6.45) is 0. The monoisotopic (exact) mass is 282 g/mol. The van der Waals surface area contributed by atoms with Crippen LogP contribution in [0.5, 0.6) is 0 Å². The number of H-pyrrole nitrogens is 1. The predicted molar refractivity (Wildman–Crippen MR) is 78.0 cm³/mol. The van der Waals surface area contributed by atoms with Gasteiger partial charge in [-0.1, -0.05) is 35.5 Å². The first kappa shape index (κ1) is 13.1. The van der Waals surface area contributed by atoms with Crippen LogP contribution in [0.1, 0.15) is 21.9 Å². The molecule has 2 aromatic heterocycles. The van der Waals surface area contributed by atoms with E-state index in [0.29, 0.717) is 11.4 Å². The maximum atomic E-state index is 12.2. The zero-order valence-electron chi connectivity index (χ0n) is 11.7. The molecule has 0 aliphatic heterocycles. The summed E-state index contributed by atoms with van der Waals surface area (Å²) in [5.74, 6) is -0.189. The summed E-state index contributed by atoms with van der Waals surface area (Å²) >= 11 is 0. The number of aromatic amines is 1. The normalized spacial score (nSPS) is 10.6. The molecule has 0 saturated heterocycles. The van der Waals surface area contributed by atoms with Gasteiger partial charge in [0.15, 0.2) is 0 Å². The Morgan fingerprint density at radius 3 is 2.67 bits per heavy atom. The van der Waals surface area contributed by atoms with E-state index >= 15 is 0 Å². The van der Waals surface area contributed by atoms with Crippen LogP contribution in [0.15, 0.2) is 40.9 Å². The van der Waals surface area contributed by atoms with Gasteiger partial charge < -0.3 is 9.84 Å². The molecule has 0 aliphatic carbocycles. The van der Waals surface area contributed by atoms with Crippen molar-refractivity contribution in [3.8, 4) is 11.3 Å². The standard InChI is InChI=1S/C15H14N4O2/c1-9-14(10(2)18-17-9)16-15(20)13-8-12(19-21-13)11-6-4-3-5-7-11/h3-8H,1-2H3,(H,16,20)(H,17,18). The number of rotatable bonds is 3. The lowest BCUT2D eigenvalue weighted by Crippen LogP contribution is -2.12. The van der Waals surface area contributed by atoms with Crippen LogP contribution in [0.4, 0.5) is 5.69 Å². The van der Waals surface area contributed by atoms with Gasteiger partial charge in [0.2, 0.25) is 5.76 Å². The van der Waals surface area contributed by atoms with E-state index in [-0.39, 0.29) is 11.7 Å². The molecule has 0 unspecified atom stereocenters. The first-order valence-corrected chi connectivity index (χ1v) is 6.50. The van der Waals surface area contributed by atoms with Gasteiger partial charge in [-0.3, -0.25) is 9.89 Å². The summed E-state index contributed by atoms with van der Waals surface area (Å²) in [6.45, 7) is 3.65. The van der Waals surface area contributed by atoms with Crippen molar-refractivity contribution < 1.29 is 9.32 Å². The molecule has 0 bridgehead atoms. The quantitative estimate of drug-likeness (QED) is 0.773. The Bertz CT molecular complexity index is 755. The Balaban J connectivity index is 1.82. The minimum Gasteiger partial charge on any atom is -0.350 e. The Morgan fingerprint density at radius 1 is 1.24 bits per heavy atom. The molecule has 2 N–H and O–H groups in total. The molecule has 0 fully saturated rings. The number of benzene rings is 1. The first-order chi connectivity index (χ1) is 10.1. The number of carbonyl (C=O) groups excluding carboxylic acids is 1.